The summed E-state index contributed by atoms with van der Waals surface area (Å²) in [5, 5.41) is 37.9. The molecule has 2 aliphatic rings. The zero-order chi connectivity index (χ0) is 33.8. The number of imide groups is 1. The predicted molar refractivity (Wildman–Crippen MR) is 192 cm³/mol. The number of hydrogen-bond donors (Lipinski definition) is 4. The van der Waals surface area contributed by atoms with Crippen LogP contribution < -0.4 is 10.2 Å². The van der Waals surface area contributed by atoms with Crippen molar-refractivity contribution in [3.05, 3.63) is 113 Å². The molecule has 2 amide bonds. The van der Waals surface area contributed by atoms with Gasteiger partial charge in [0, 0.05) is 22.7 Å². The Balaban J connectivity index is 1.21. The van der Waals surface area contributed by atoms with Gasteiger partial charge in [0.05, 0.1) is 30.2 Å². The van der Waals surface area contributed by atoms with Gasteiger partial charge < -0.3 is 20.6 Å². The predicted octanol–water partition coefficient (Wildman–Crippen LogP) is 8.14. The maximum Gasteiger partial charge on any atom is 0.238 e. The lowest BCUT2D eigenvalue weighted by Gasteiger charge is -2.36. The van der Waals surface area contributed by atoms with E-state index < -0.39 is 23.9 Å². The summed E-state index contributed by atoms with van der Waals surface area (Å²) in [5.41, 5.74) is 6.16. The topological polar surface area (TPSA) is 110 Å². The summed E-state index contributed by atoms with van der Waals surface area (Å²) >= 11 is 0. The summed E-state index contributed by atoms with van der Waals surface area (Å²) in [5.74, 6) is -2.25. The van der Waals surface area contributed by atoms with Crippen LogP contribution in [0.4, 0.5) is 17.1 Å². The van der Waals surface area contributed by atoms with Crippen LogP contribution in [0.1, 0.15) is 57.9 Å². The summed E-state index contributed by atoms with van der Waals surface area (Å²) in [6, 6.07) is 28.4. The lowest BCUT2D eigenvalue weighted by molar-refractivity contribution is -0.123. The summed E-state index contributed by atoms with van der Waals surface area (Å²) < 4.78 is 0. The Bertz CT molecular complexity index is 1850. The lowest BCUT2D eigenvalue weighted by Crippen LogP contribution is -2.39. The van der Waals surface area contributed by atoms with Crippen LogP contribution in [0, 0.1) is 17.8 Å². The number of nitrogens with one attached hydrogen (secondary N) is 1. The fraction of sp³-hybridized carbons (Fsp3) is 0.317. The highest BCUT2D eigenvalue weighted by Crippen LogP contribution is 2.48. The number of nitrogens with zero attached hydrogens (tertiary/aromatic N) is 1. The number of fused-ring (bicyclic) bond motifs is 2. The normalized spacial score (nSPS) is 20.4. The van der Waals surface area contributed by atoms with Gasteiger partial charge in [0.25, 0.3) is 0 Å². The van der Waals surface area contributed by atoms with Gasteiger partial charge in [-0.15, -0.1) is 0 Å². The van der Waals surface area contributed by atoms with Gasteiger partial charge in [0.2, 0.25) is 11.8 Å². The highest BCUT2D eigenvalue weighted by atomic mass is 16.3. The van der Waals surface area contributed by atoms with Crippen molar-refractivity contribution in [2.24, 2.45) is 17.8 Å². The minimum atomic E-state index is -0.852. The van der Waals surface area contributed by atoms with Crippen molar-refractivity contribution < 1.29 is 24.9 Å². The molecule has 0 spiro atoms. The number of amides is 2. The van der Waals surface area contributed by atoms with Gasteiger partial charge in [-0.25, -0.2) is 0 Å². The molecule has 7 nitrogen and oxygen atoms in total. The summed E-state index contributed by atoms with van der Waals surface area (Å²) in [7, 11) is 0. The smallest absolute Gasteiger partial charge is 0.238 e. The number of rotatable bonds is 12. The molecule has 48 heavy (non-hydrogen) atoms. The highest BCUT2D eigenvalue weighted by molar-refractivity contribution is 6.22. The van der Waals surface area contributed by atoms with E-state index in [1.54, 1.807) is 18.2 Å². The quantitative estimate of drug-likeness (QED) is 0.0916. The molecule has 1 aliphatic carbocycles. The molecule has 7 heteroatoms. The first-order chi connectivity index (χ1) is 23.3. The Kier molecular flexibility index (Phi) is 10.1. The summed E-state index contributed by atoms with van der Waals surface area (Å²) in [4.78, 5) is 29.1. The van der Waals surface area contributed by atoms with Crippen LogP contribution in [0.5, 0.6) is 5.75 Å². The maximum atomic E-state index is 14.0. The molecule has 0 radical (unpaired) electrons. The SMILES string of the molecule is CCC/C(=C\c1ccc(O)c2ccccc12)CC[C@@H](O)C1=C(CC)C[C@H]2C(=O)N(c3ccc(Nc4ccccc4)cc3)C(=O)[C@H]2[C@H]1CO. The number of carbonyl (C=O) groups excluding carboxylic acids is 2. The molecule has 6 rings (SSSR count). The van der Waals surface area contributed by atoms with Crippen molar-refractivity contribution in [1.29, 1.82) is 0 Å². The number of aromatic hydroxyl groups is 1. The average Bonchev–Trinajstić information content (AvgIpc) is 3.36. The van der Waals surface area contributed by atoms with E-state index in [0.29, 0.717) is 31.4 Å². The number of aliphatic hydroxyl groups is 2. The van der Waals surface area contributed by atoms with E-state index in [-0.39, 0.29) is 24.2 Å². The van der Waals surface area contributed by atoms with E-state index in [9.17, 15) is 24.9 Å². The van der Waals surface area contributed by atoms with Crippen LogP contribution >= 0.6 is 0 Å². The average molecular weight is 645 g/mol. The monoisotopic (exact) mass is 644 g/mol. The van der Waals surface area contributed by atoms with Crippen LogP contribution in [-0.2, 0) is 9.59 Å². The van der Waals surface area contributed by atoms with Gasteiger partial charge in [0.15, 0.2) is 0 Å². The molecule has 4 aromatic rings. The maximum absolute atomic E-state index is 14.0. The number of aliphatic hydroxyl groups excluding tert-OH is 2. The van der Waals surface area contributed by atoms with Crippen LogP contribution in [0.15, 0.2) is 108 Å². The minimum absolute atomic E-state index is 0.246. The number of allylic oxidation sites excluding steroid dienone is 2. The molecule has 0 aromatic heterocycles. The molecule has 4 N–H and O–H groups in total. The molecular formula is C41H44N2O5. The second kappa shape index (κ2) is 14.6. The molecule has 4 aromatic carbocycles. The Morgan fingerprint density at radius 3 is 2.25 bits per heavy atom. The number of phenols is 1. The number of hydrogen-bond acceptors (Lipinski definition) is 6. The van der Waals surface area contributed by atoms with Gasteiger partial charge in [-0.05, 0) is 91.1 Å². The Morgan fingerprint density at radius 1 is 0.875 bits per heavy atom. The van der Waals surface area contributed by atoms with E-state index in [2.05, 4.69) is 18.3 Å². The van der Waals surface area contributed by atoms with Crippen LogP contribution in [0.2, 0.25) is 0 Å². The van der Waals surface area contributed by atoms with E-state index in [1.165, 1.54) is 10.5 Å². The third-order valence-corrected chi connectivity index (χ3v) is 9.96. The first-order valence-corrected chi connectivity index (χ1v) is 17.0. The van der Waals surface area contributed by atoms with Gasteiger partial charge in [-0.1, -0.05) is 86.0 Å². The zero-order valence-electron chi connectivity index (χ0n) is 27.6. The fourth-order valence-electron chi connectivity index (χ4n) is 7.65. The lowest BCUT2D eigenvalue weighted by atomic mass is 9.67. The van der Waals surface area contributed by atoms with Gasteiger partial charge in [0.1, 0.15) is 5.75 Å². The van der Waals surface area contributed by atoms with Gasteiger partial charge >= 0.3 is 0 Å². The summed E-state index contributed by atoms with van der Waals surface area (Å²) in [6.07, 6.45) is 5.22. The summed E-state index contributed by atoms with van der Waals surface area (Å²) in [6.45, 7) is 3.81. The molecule has 1 saturated heterocycles. The fourth-order valence-corrected chi connectivity index (χ4v) is 7.65. The molecule has 1 heterocycles. The first kappa shape index (κ1) is 33.2. The van der Waals surface area contributed by atoms with Crippen molar-refractivity contribution in [3.8, 4) is 5.75 Å². The van der Waals surface area contributed by atoms with Crippen molar-refractivity contribution in [1.82, 2.24) is 0 Å². The second-order valence-corrected chi connectivity index (χ2v) is 12.9. The third-order valence-electron chi connectivity index (χ3n) is 9.96. The molecule has 1 aliphatic heterocycles. The largest absolute Gasteiger partial charge is 0.507 e. The minimum Gasteiger partial charge on any atom is -0.507 e. The van der Waals surface area contributed by atoms with Crippen molar-refractivity contribution in [2.45, 2.75) is 58.5 Å². The highest BCUT2D eigenvalue weighted by Gasteiger charge is 2.55. The zero-order valence-corrected chi connectivity index (χ0v) is 27.6. The molecule has 0 unspecified atom stereocenters. The number of carbonyl (C=O) groups is 2. The molecule has 4 atom stereocenters. The van der Waals surface area contributed by atoms with Crippen molar-refractivity contribution in [2.75, 3.05) is 16.8 Å². The van der Waals surface area contributed by atoms with Crippen LogP contribution in [-0.4, -0.2) is 39.8 Å². The van der Waals surface area contributed by atoms with Gasteiger partial charge in [-0.2, -0.15) is 0 Å². The number of phenolic OH excluding ortho intramolecular Hbond substituents is 1. The van der Waals surface area contributed by atoms with Crippen LogP contribution in [0.25, 0.3) is 16.8 Å². The van der Waals surface area contributed by atoms with E-state index in [4.69, 9.17) is 0 Å². The number of anilines is 3. The van der Waals surface area contributed by atoms with Crippen molar-refractivity contribution in [3.63, 3.8) is 0 Å². The Hall–Kier alpha value is -4.72. The molecule has 0 saturated carbocycles. The third kappa shape index (κ3) is 6.53. The number of benzene rings is 4. The van der Waals surface area contributed by atoms with E-state index in [1.807, 2.05) is 79.7 Å². The number of para-hydroxylation sites is 1. The molecule has 0 bridgehead atoms. The first-order valence-electron chi connectivity index (χ1n) is 17.0. The van der Waals surface area contributed by atoms with Gasteiger partial charge in [-0.3, -0.25) is 14.5 Å². The van der Waals surface area contributed by atoms with E-state index >= 15 is 0 Å². The van der Waals surface area contributed by atoms with E-state index in [0.717, 1.165) is 51.7 Å². The van der Waals surface area contributed by atoms with Crippen molar-refractivity contribution >= 4 is 45.7 Å². The standard InChI is InChI=1S/C41H44N2O5/c1-3-10-26(23-28-16-22-36(45)33-14-9-8-13-32(28)33)15-21-37(46)38-27(4-2)24-34-39(35(38)25-44)41(48)43(40(34)47)31-19-17-30(18-20-31)42-29-11-6-5-7-12-29/h5-9,11-14,16-20,22-23,34-35,37,39,42,44-46H,3-4,10,15,21,24-25H2,1-2H3/b26-23+/t34-,35+,37-,39-/m1/s1. The Morgan fingerprint density at radius 2 is 1.56 bits per heavy atom. The molecular weight excluding hydrogens is 600 g/mol. The Labute approximate surface area is 282 Å². The van der Waals surface area contributed by atoms with Crippen LogP contribution in [0.3, 0.4) is 0 Å². The molecule has 1 fully saturated rings. The second-order valence-electron chi connectivity index (χ2n) is 12.9. The molecule has 248 valence electrons.